The molecule has 12 heteroatoms. The van der Waals surface area contributed by atoms with Crippen molar-refractivity contribution in [2.75, 3.05) is 13.2 Å². The Bertz CT molecular complexity index is 861. The van der Waals surface area contributed by atoms with E-state index in [0.29, 0.717) is 12.8 Å². The van der Waals surface area contributed by atoms with Gasteiger partial charge in [0.1, 0.15) is 25.4 Å². The van der Waals surface area contributed by atoms with Gasteiger partial charge in [-0.2, -0.15) is 13.2 Å². The molecule has 2 N–H and O–H groups in total. The van der Waals surface area contributed by atoms with Gasteiger partial charge in [-0.1, -0.05) is 18.2 Å². The van der Waals surface area contributed by atoms with Crippen LogP contribution in [0.4, 0.5) is 22.4 Å². The number of rotatable bonds is 8. The second-order valence-corrected chi connectivity index (χ2v) is 7.17. The van der Waals surface area contributed by atoms with E-state index < -0.39 is 67.3 Å². The minimum atomic E-state index is -4.64. The summed E-state index contributed by atoms with van der Waals surface area (Å²) < 4.78 is 57.0. The zero-order valence-corrected chi connectivity index (χ0v) is 16.9. The molecule has 2 unspecified atom stereocenters. The molecule has 0 radical (unpaired) electrons. The lowest BCUT2D eigenvalue weighted by molar-refractivity contribution is -0.141. The number of carbonyl (C=O) groups is 4. The van der Waals surface area contributed by atoms with E-state index in [0.717, 1.165) is 17.0 Å². The zero-order valence-electron chi connectivity index (χ0n) is 16.9. The van der Waals surface area contributed by atoms with Crippen molar-refractivity contribution in [3.8, 4) is 0 Å². The highest BCUT2D eigenvalue weighted by Gasteiger charge is 2.36. The molecule has 1 aliphatic heterocycles. The number of halogens is 4. The summed E-state index contributed by atoms with van der Waals surface area (Å²) >= 11 is 0. The number of likely N-dealkylation sites (tertiary alicyclic amines) is 1. The van der Waals surface area contributed by atoms with Crippen LogP contribution in [-0.2, 0) is 31.9 Å². The van der Waals surface area contributed by atoms with Gasteiger partial charge < -0.3 is 15.2 Å². The van der Waals surface area contributed by atoms with Crippen LogP contribution in [-0.4, -0.2) is 59.1 Å². The first-order valence-electron chi connectivity index (χ1n) is 9.74. The summed E-state index contributed by atoms with van der Waals surface area (Å²) in [7, 11) is 0. The van der Waals surface area contributed by atoms with Crippen molar-refractivity contribution >= 4 is 23.8 Å². The number of carboxylic acids is 1. The van der Waals surface area contributed by atoms with Gasteiger partial charge in [-0.3, -0.25) is 19.3 Å². The molecular formula is C20H22F4N2O6. The summed E-state index contributed by atoms with van der Waals surface area (Å²) in [4.78, 5) is 48.6. The molecule has 176 valence electrons. The van der Waals surface area contributed by atoms with Crippen LogP contribution in [0, 0.1) is 0 Å². The third-order valence-electron chi connectivity index (χ3n) is 4.93. The van der Waals surface area contributed by atoms with E-state index in [-0.39, 0.29) is 18.5 Å². The molecule has 1 heterocycles. The van der Waals surface area contributed by atoms with E-state index in [9.17, 15) is 36.7 Å². The number of alkyl halides is 4. The molecule has 0 aliphatic carbocycles. The SMILES string of the molecule is O=C(O)CC(NC(=O)C1CCCCN1C(=O)OCc1ccccc1C(F)(F)F)C(=O)CF. The smallest absolute Gasteiger partial charge is 0.416 e. The van der Waals surface area contributed by atoms with Crippen LogP contribution in [0.1, 0.15) is 36.8 Å². The van der Waals surface area contributed by atoms with Crippen LogP contribution in [0.2, 0.25) is 0 Å². The predicted octanol–water partition coefficient (Wildman–Crippen LogP) is 2.69. The normalized spacial score (nSPS) is 17.4. The molecule has 1 fully saturated rings. The molecule has 32 heavy (non-hydrogen) atoms. The lowest BCUT2D eigenvalue weighted by Gasteiger charge is -2.34. The van der Waals surface area contributed by atoms with Crippen molar-refractivity contribution in [3.05, 3.63) is 35.4 Å². The molecule has 1 saturated heterocycles. The predicted molar refractivity (Wildman–Crippen MR) is 101 cm³/mol. The monoisotopic (exact) mass is 462 g/mol. The van der Waals surface area contributed by atoms with Crippen molar-refractivity contribution in [2.24, 2.45) is 0 Å². The molecule has 1 aromatic carbocycles. The Hall–Kier alpha value is -3.18. The van der Waals surface area contributed by atoms with Crippen LogP contribution < -0.4 is 5.32 Å². The lowest BCUT2D eigenvalue weighted by atomic mass is 10.0. The topological polar surface area (TPSA) is 113 Å². The third kappa shape index (κ3) is 6.66. The number of carboxylic acid groups (broad SMARTS) is 1. The van der Waals surface area contributed by atoms with E-state index in [2.05, 4.69) is 5.32 Å². The number of hydrogen-bond acceptors (Lipinski definition) is 5. The van der Waals surface area contributed by atoms with E-state index in [1.807, 2.05) is 0 Å². The van der Waals surface area contributed by atoms with Crippen molar-refractivity contribution < 1.29 is 46.6 Å². The quantitative estimate of drug-likeness (QED) is 0.575. The van der Waals surface area contributed by atoms with Crippen LogP contribution >= 0.6 is 0 Å². The van der Waals surface area contributed by atoms with E-state index in [4.69, 9.17) is 9.84 Å². The average Bonchev–Trinajstić information content (AvgIpc) is 2.75. The number of carbonyl (C=O) groups excluding carboxylic acids is 3. The molecule has 0 bridgehead atoms. The van der Waals surface area contributed by atoms with E-state index >= 15 is 0 Å². The third-order valence-corrected chi connectivity index (χ3v) is 4.93. The highest BCUT2D eigenvalue weighted by Crippen LogP contribution is 2.32. The van der Waals surface area contributed by atoms with Gasteiger partial charge in [0.2, 0.25) is 5.91 Å². The van der Waals surface area contributed by atoms with Crippen LogP contribution in [0.15, 0.2) is 24.3 Å². The number of amides is 2. The van der Waals surface area contributed by atoms with Gasteiger partial charge in [0.15, 0.2) is 5.78 Å². The Kier molecular flexibility index (Phi) is 8.56. The van der Waals surface area contributed by atoms with Crippen molar-refractivity contribution in [1.29, 1.82) is 0 Å². The van der Waals surface area contributed by atoms with Gasteiger partial charge in [-0.05, 0) is 25.3 Å². The molecule has 8 nitrogen and oxygen atoms in total. The molecule has 1 aliphatic rings. The van der Waals surface area contributed by atoms with Gasteiger partial charge >= 0.3 is 18.2 Å². The zero-order chi connectivity index (χ0) is 23.9. The van der Waals surface area contributed by atoms with Crippen LogP contribution in [0.5, 0.6) is 0 Å². The number of hydrogen-bond donors (Lipinski definition) is 2. The second kappa shape index (κ2) is 10.9. The number of nitrogens with one attached hydrogen (secondary N) is 1. The Balaban J connectivity index is 2.09. The van der Waals surface area contributed by atoms with Crippen LogP contribution in [0.3, 0.4) is 0 Å². The lowest BCUT2D eigenvalue weighted by Crippen LogP contribution is -2.55. The summed E-state index contributed by atoms with van der Waals surface area (Å²) in [5, 5.41) is 11.0. The Morgan fingerprint density at radius 3 is 2.50 bits per heavy atom. The molecular weight excluding hydrogens is 440 g/mol. The molecule has 0 aromatic heterocycles. The largest absolute Gasteiger partial charge is 0.481 e. The molecule has 2 atom stereocenters. The fourth-order valence-electron chi connectivity index (χ4n) is 3.35. The first-order valence-corrected chi connectivity index (χ1v) is 9.74. The van der Waals surface area contributed by atoms with Crippen LogP contribution in [0.25, 0.3) is 0 Å². The fraction of sp³-hybridized carbons (Fsp3) is 0.500. The molecule has 2 rings (SSSR count). The number of Topliss-reactive ketones (excluding diaryl/α,β-unsaturated/α-hetero) is 1. The highest BCUT2D eigenvalue weighted by molar-refractivity contribution is 5.94. The maximum Gasteiger partial charge on any atom is 0.416 e. The van der Waals surface area contributed by atoms with Gasteiger partial charge in [0, 0.05) is 12.1 Å². The first-order chi connectivity index (χ1) is 15.0. The van der Waals surface area contributed by atoms with Crippen molar-refractivity contribution in [2.45, 2.75) is 50.6 Å². The standard InChI is InChI=1S/C20H22F4N2O6/c21-10-16(27)14(9-17(28)29)25-18(30)15-7-3-4-8-26(15)19(31)32-11-12-5-1-2-6-13(12)20(22,23)24/h1-2,5-6,14-15H,3-4,7-11H2,(H,25,30)(H,28,29). The highest BCUT2D eigenvalue weighted by atomic mass is 19.4. The summed E-state index contributed by atoms with van der Waals surface area (Å²) in [5.41, 5.74) is -1.22. The average molecular weight is 462 g/mol. The van der Waals surface area contributed by atoms with E-state index in [1.165, 1.54) is 12.1 Å². The number of benzene rings is 1. The number of aliphatic carboxylic acids is 1. The molecule has 1 aromatic rings. The number of piperidine rings is 1. The second-order valence-electron chi connectivity index (χ2n) is 7.17. The number of ketones is 1. The summed E-state index contributed by atoms with van der Waals surface area (Å²) in [6.45, 7) is -2.09. The minimum Gasteiger partial charge on any atom is -0.481 e. The summed E-state index contributed by atoms with van der Waals surface area (Å²) in [6, 6.07) is 1.83. The summed E-state index contributed by atoms with van der Waals surface area (Å²) in [5.74, 6) is -3.43. The fourth-order valence-corrected chi connectivity index (χ4v) is 3.35. The minimum absolute atomic E-state index is 0.0679. The first kappa shape index (κ1) is 25.1. The van der Waals surface area contributed by atoms with Gasteiger partial charge in [-0.15, -0.1) is 0 Å². The Labute approximate surface area is 180 Å². The van der Waals surface area contributed by atoms with Gasteiger partial charge in [-0.25, -0.2) is 9.18 Å². The van der Waals surface area contributed by atoms with E-state index in [1.54, 1.807) is 0 Å². The van der Waals surface area contributed by atoms with Crippen molar-refractivity contribution in [3.63, 3.8) is 0 Å². The number of ether oxygens (including phenoxy) is 1. The maximum atomic E-state index is 13.1. The van der Waals surface area contributed by atoms with Gasteiger partial charge in [0.25, 0.3) is 0 Å². The molecule has 0 saturated carbocycles. The molecule has 2 amide bonds. The molecule has 0 spiro atoms. The summed E-state index contributed by atoms with van der Waals surface area (Å²) in [6.07, 6.45) is -5.32. The van der Waals surface area contributed by atoms with Crippen molar-refractivity contribution in [1.82, 2.24) is 10.2 Å². The Morgan fingerprint density at radius 2 is 1.88 bits per heavy atom. The number of nitrogens with zero attached hydrogens (tertiary/aromatic N) is 1. The Morgan fingerprint density at radius 1 is 1.19 bits per heavy atom. The maximum absolute atomic E-state index is 13.1. The van der Waals surface area contributed by atoms with Gasteiger partial charge in [0.05, 0.1) is 12.0 Å².